The van der Waals surface area contributed by atoms with Gasteiger partial charge in [-0.1, -0.05) is 17.7 Å². The number of carbonyl (C=O) groups excluding carboxylic acids is 1. The Kier molecular flexibility index (Phi) is 8.12. The molecule has 1 amide bonds. The van der Waals surface area contributed by atoms with Gasteiger partial charge in [-0.05, 0) is 24.6 Å². The molecule has 40 heavy (non-hydrogen) atoms. The molecule has 1 fully saturated rings. The first kappa shape index (κ1) is 28.1. The van der Waals surface area contributed by atoms with E-state index in [-0.39, 0.29) is 36.6 Å². The van der Waals surface area contributed by atoms with Crippen LogP contribution in [0, 0.1) is 0 Å². The van der Waals surface area contributed by atoms with E-state index in [1.807, 2.05) is 30.0 Å². The standard InChI is InChI=1S/C25H31ClN8O5S/c1-17(18-4-5-20-21(12-18)39-11-10-38-20)28-24(35)13-19-15-33(40(36,37)31(2)3)8-9-34(19)23-14-22(26)29-25(30-23)32-7-6-27-16-32/h4-7,12,14,16-17,19H,8-11,13,15H2,1-3H3,(H,28,35). The lowest BCUT2D eigenvalue weighted by Crippen LogP contribution is -2.58. The lowest BCUT2D eigenvalue weighted by Gasteiger charge is -2.42. The molecule has 2 aliphatic rings. The highest BCUT2D eigenvalue weighted by atomic mass is 35.5. The van der Waals surface area contributed by atoms with E-state index in [2.05, 4.69) is 20.3 Å². The number of amides is 1. The summed E-state index contributed by atoms with van der Waals surface area (Å²) in [7, 11) is -0.717. The number of benzene rings is 1. The van der Waals surface area contributed by atoms with Crippen molar-refractivity contribution in [3.8, 4) is 17.4 Å². The van der Waals surface area contributed by atoms with Gasteiger partial charge in [-0.3, -0.25) is 9.36 Å². The van der Waals surface area contributed by atoms with E-state index in [0.29, 0.717) is 43.0 Å². The van der Waals surface area contributed by atoms with E-state index in [4.69, 9.17) is 21.1 Å². The van der Waals surface area contributed by atoms with E-state index < -0.39 is 16.3 Å². The van der Waals surface area contributed by atoms with Gasteiger partial charge in [0.1, 0.15) is 30.5 Å². The summed E-state index contributed by atoms with van der Waals surface area (Å²) in [5, 5.41) is 3.25. The summed E-state index contributed by atoms with van der Waals surface area (Å²) in [6.07, 6.45) is 4.88. The molecule has 1 aromatic carbocycles. The first-order valence-electron chi connectivity index (χ1n) is 12.8. The summed E-state index contributed by atoms with van der Waals surface area (Å²) in [4.78, 5) is 28.2. The SMILES string of the molecule is CC(NC(=O)CC1CN(S(=O)(=O)N(C)C)CCN1c1cc(Cl)nc(-n2ccnc2)n1)c1ccc2c(c1)OCCO2. The lowest BCUT2D eigenvalue weighted by atomic mass is 10.1. The molecule has 3 aromatic rings. The monoisotopic (exact) mass is 590 g/mol. The minimum Gasteiger partial charge on any atom is -0.486 e. The van der Waals surface area contributed by atoms with Crippen molar-refractivity contribution in [3.63, 3.8) is 0 Å². The number of hydrogen-bond donors (Lipinski definition) is 1. The second-order valence-electron chi connectivity index (χ2n) is 9.71. The van der Waals surface area contributed by atoms with Crippen LogP contribution in [-0.2, 0) is 15.0 Å². The largest absolute Gasteiger partial charge is 0.486 e. The van der Waals surface area contributed by atoms with Crippen LogP contribution in [0.5, 0.6) is 11.5 Å². The van der Waals surface area contributed by atoms with E-state index in [9.17, 15) is 13.2 Å². The number of piperazine rings is 1. The molecule has 13 nitrogen and oxygen atoms in total. The summed E-state index contributed by atoms with van der Waals surface area (Å²) >= 11 is 6.35. The fraction of sp³-hybridized carbons (Fsp3) is 0.440. The molecule has 0 saturated carbocycles. The zero-order chi connectivity index (χ0) is 28.4. The summed E-state index contributed by atoms with van der Waals surface area (Å²) < 4.78 is 41.4. The predicted octanol–water partition coefficient (Wildman–Crippen LogP) is 1.65. The van der Waals surface area contributed by atoms with Crippen molar-refractivity contribution in [2.75, 3.05) is 51.8 Å². The minimum atomic E-state index is -3.69. The first-order chi connectivity index (χ1) is 19.1. The number of carbonyl (C=O) groups is 1. The summed E-state index contributed by atoms with van der Waals surface area (Å²) in [6.45, 7) is 3.46. The van der Waals surface area contributed by atoms with Crippen molar-refractivity contribution in [3.05, 3.63) is 53.7 Å². The highest BCUT2D eigenvalue weighted by molar-refractivity contribution is 7.86. The van der Waals surface area contributed by atoms with Crippen LogP contribution in [0.1, 0.15) is 24.9 Å². The van der Waals surface area contributed by atoms with Gasteiger partial charge in [0.05, 0.1) is 12.1 Å². The number of halogens is 1. The normalized spacial score (nSPS) is 18.5. The van der Waals surface area contributed by atoms with Crippen molar-refractivity contribution < 1.29 is 22.7 Å². The average Bonchev–Trinajstić information content (AvgIpc) is 3.47. The number of aromatic nitrogens is 4. The third-order valence-corrected chi connectivity index (χ3v) is 8.90. The number of nitrogens with one attached hydrogen (secondary N) is 1. The zero-order valence-electron chi connectivity index (χ0n) is 22.4. The van der Waals surface area contributed by atoms with Gasteiger partial charge in [-0.2, -0.15) is 22.0 Å². The summed E-state index contributed by atoms with van der Waals surface area (Å²) in [6, 6.07) is 6.35. The Balaban J connectivity index is 1.37. The lowest BCUT2D eigenvalue weighted by molar-refractivity contribution is -0.122. The van der Waals surface area contributed by atoms with Crippen LogP contribution in [0.3, 0.4) is 0 Å². The Morgan fingerprint density at radius 3 is 2.67 bits per heavy atom. The van der Waals surface area contributed by atoms with Crippen LogP contribution in [0.2, 0.25) is 5.15 Å². The molecule has 1 saturated heterocycles. The first-order valence-corrected chi connectivity index (χ1v) is 14.6. The van der Waals surface area contributed by atoms with Crippen LogP contribution in [0.4, 0.5) is 5.82 Å². The minimum absolute atomic E-state index is 0.0242. The zero-order valence-corrected chi connectivity index (χ0v) is 24.0. The Labute approximate surface area is 237 Å². The van der Waals surface area contributed by atoms with Crippen LogP contribution < -0.4 is 19.7 Å². The van der Waals surface area contributed by atoms with Crippen LogP contribution in [-0.4, -0.2) is 95.4 Å². The summed E-state index contributed by atoms with van der Waals surface area (Å²) in [5.74, 6) is 1.88. The molecule has 2 unspecified atom stereocenters. The smallest absolute Gasteiger partial charge is 0.281 e. The molecule has 214 valence electrons. The molecule has 15 heteroatoms. The third kappa shape index (κ3) is 5.99. The maximum absolute atomic E-state index is 13.3. The fourth-order valence-corrected chi connectivity index (χ4v) is 6.01. The van der Waals surface area contributed by atoms with Crippen molar-refractivity contribution in [2.45, 2.75) is 25.4 Å². The number of imidazole rings is 1. The topological polar surface area (TPSA) is 135 Å². The number of nitrogens with zero attached hydrogens (tertiary/aromatic N) is 7. The maximum atomic E-state index is 13.3. The quantitative estimate of drug-likeness (QED) is 0.388. The second kappa shape index (κ2) is 11.6. The number of fused-ring (bicyclic) bond motifs is 1. The third-order valence-electron chi connectivity index (χ3n) is 6.80. The fourth-order valence-electron chi connectivity index (χ4n) is 4.70. The average molecular weight is 591 g/mol. The van der Waals surface area contributed by atoms with Gasteiger partial charge >= 0.3 is 0 Å². The molecule has 2 aliphatic heterocycles. The molecule has 2 aromatic heterocycles. The van der Waals surface area contributed by atoms with Crippen LogP contribution in [0.25, 0.3) is 5.95 Å². The molecule has 0 aliphatic carbocycles. The van der Waals surface area contributed by atoms with Crippen molar-refractivity contribution in [1.82, 2.24) is 33.4 Å². The van der Waals surface area contributed by atoms with E-state index in [0.717, 1.165) is 5.56 Å². The molecule has 0 spiro atoms. The van der Waals surface area contributed by atoms with E-state index in [1.165, 1.54) is 22.7 Å². The number of rotatable bonds is 8. The molecule has 1 N–H and O–H groups in total. The molecule has 2 atom stereocenters. The number of anilines is 1. The predicted molar refractivity (Wildman–Crippen MR) is 148 cm³/mol. The Morgan fingerprint density at radius 1 is 1.18 bits per heavy atom. The molecule has 4 heterocycles. The van der Waals surface area contributed by atoms with Crippen molar-refractivity contribution in [1.29, 1.82) is 0 Å². The highest BCUT2D eigenvalue weighted by Gasteiger charge is 2.36. The van der Waals surface area contributed by atoms with Gasteiger partial charge in [0.15, 0.2) is 11.5 Å². The second-order valence-corrected chi connectivity index (χ2v) is 12.2. The Bertz CT molecular complexity index is 1470. The van der Waals surface area contributed by atoms with Gasteiger partial charge in [-0.25, -0.2) is 9.97 Å². The van der Waals surface area contributed by atoms with Gasteiger partial charge in [0, 0.05) is 58.6 Å². The Morgan fingerprint density at radius 2 is 1.95 bits per heavy atom. The maximum Gasteiger partial charge on any atom is 0.281 e. The van der Waals surface area contributed by atoms with E-state index >= 15 is 0 Å². The van der Waals surface area contributed by atoms with Gasteiger partial charge in [-0.15, -0.1) is 0 Å². The molecule has 0 radical (unpaired) electrons. The van der Waals surface area contributed by atoms with Crippen molar-refractivity contribution >= 4 is 33.5 Å². The number of ether oxygens (including phenoxy) is 2. The highest BCUT2D eigenvalue weighted by Crippen LogP contribution is 2.33. The number of hydrogen-bond acceptors (Lipinski definition) is 9. The van der Waals surface area contributed by atoms with Gasteiger partial charge in [0.25, 0.3) is 10.2 Å². The Hall–Kier alpha value is -3.46. The van der Waals surface area contributed by atoms with Gasteiger partial charge in [0.2, 0.25) is 11.9 Å². The van der Waals surface area contributed by atoms with Crippen molar-refractivity contribution in [2.24, 2.45) is 0 Å². The molecular weight excluding hydrogens is 560 g/mol. The van der Waals surface area contributed by atoms with Crippen LogP contribution in [0.15, 0.2) is 43.0 Å². The van der Waals surface area contributed by atoms with Gasteiger partial charge < -0.3 is 19.7 Å². The van der Waals surface area contributed by atoms with E-state index in [1.54, 1.807) is 29.4 Å². The molecular formula is C25H31ClN8O5S. The van der Waals surface area contributed by atoms with Crippen LogP contribution >= 0.6 is 11.6 Å². The molecule has 0 bridgehead atoms. The molecule has 5 rings (SSSR count). The summed E-state index contributed by atoms with van der Waals surface area (Å²) in [5.41, 5.74) is 0.863.